The number of rotatable bonds is 7. The van der Waals surface area contributed by atoms with Crippen molar-refractivity contribution < 1.29 is 18.0 Å². The van der Waals surface area contributed by atoms with E-state index in [0.29, 0.717) is 22.4 Å². The summed E-state index contributed by atoms with van der Waals surface area (Å²) in [6, 6.07) is 15.3. The van der Waals surface area contributed by atoms with Crippen LogP contribution in [0.15, 0.2) is 53.4 Å². The second-order valence-corrected chi connectivity index (χ2v) is 11.6. The molecule has 0 atom stereocenters. The van der Waals surface area contributed by atoms with Crippen molar-refractivity contribution in [3.63, 3.8) is 0 Å². The third kappa shape index (κ3) is 6.04. The zero-order valence-electron chi connectivity index (χ0n) is 19.8. The van der Waals surface area contributed by atoms with Crippen molar-refractivity contribution in [3.05, 3.63) is 65.2 Å². The van der Waals surface area contributed by atoms with E-state index >= 15 is 0 Å². The second-order valence-electron chi connectivity index (χ2n) is 9.62. The molecule has 2 fully saturated rings. The van der Waals surface area contributed by atoms with E-state index in [9.17, 15) is 18.0 Å². The smallest absolute Gasteiger partial charge is 0.251 e. The summed E-state index contributed by atoms with van der Waals surface area (Å²) in [5, 5.41) is 5.70. The number of carbonyl (C=O) groups excluding carboxylic acids is 2. The van der Waals surface area contributed by atoms with Crippen LogP contribution in [-0.4, -0.2) is 63.1 Å². The van der Waals surface area contributed by atoms with Crippen molar-refractivity contribution in [2.24, 2.45) is 0 Å². The van der Waals surface area contributed by atoms with Crippen LogP contribution in [0.4, 0.5) is 0 Å². The Kier molecular flexibility index (Phi) is 7.38. The molecule has 0 radical (unpaired) electrons. The molecule has 1 saturated heterocycles. The molecule has 0 spiro atoms. The van der Waals surface area contributed by atoms with E-state index in [1.165, 1.54) is 11.8 Å². The summed E-state index contributed by atoms with van der Waals surface area (Å²) >= 11 is 0. The Morgan fingerprint density at radius 3 is 2.29 bits per heavy atom. The summed E-state index contributed by atoms with van der Waals surface area (Å²) in [7, 11) is -3.16. The third-order valence-electron chi connectivity index (χ3n) is 6.96. The van der Waals surface area contributed by atoms with Crippen LogP contribution in [0.3, 0.4) is 0 Å². The summed E-state index contributed by atoms with van der Waals surface area (Å²) in [4.78, 5) is 27.2. The summed E-state index contributed by atoms with van der Waals surface area (Å²) < 4.78 is 23.3. The van der Waals surface area contributed by atoms with Crippen LogP contribution < -0.4 is 10.6 Å². The maximum absolute atomic E-state index is 12.2. The normalized spacial score (nSPS) is 21.5. The Morgan fingerprint density at radius 2 is 1.68 bits per heavy atom. The Balaban J connectivity index is 1.16. The molecular formula is C26H33N3O4S. The van der Waals surface area contributed by atoms with Gasteiger partial charge in [0.2, 0.25) is 5.91 Å². The predicted octanol–water partition coefficient (Wildman–Crippen LogP) is 2.66. The van der Waals surface area contributed by atoms with Gasteiger partial charge in [0, 0.05) is 31.0 Å². The van der Waals surface area contributed by atoms with Crippen LogP contribution in [0.25, 0.3) is 0 Å². The molecule has 1 heterocycles. The standard InChI is InChI=1S/C26H33N3O4S/c1-18-4-3-5-21(14-18)26(31)27-15-25(30)28-22-16-29(17-22)23-10-6-19(7-11-23)20-8-12-24(13-9-20)34(2,32)33/h3-5,8-9,12-14,19,22-23H,6-7,10-11,15-17H2,1-2H3,(H,27,31)(H,28,30)/t19-,23+. The molecule has 182 valence electrons. The highest BCUT2D eigenvalue weighted by atomic mass is 32.2. The number of hydrogen-bond donors (Lipinski definition) is 2. The predicted molar refractivity (Wildman–Crippen MR) is 132 cm³/mol. The van der Waals surface area contributed by atoms with Gasteiger partial charge in [-0.05, 0) is 68.4 Å². The van der Waals surface area contributed by atoms with Gasteiger partial charge in [-0.2, -0.15) is 0 Å². The quantitative estimate of drug-likeness (QED) is 0.631. The van der Waals surface area contributed by atoms with Crippen LogP contribution >= 0.6 is 0 Å². The Morgan fingerprint density at radius 1 is 1.00 bits per heavy atom. The molecular weight excluding hydrogens is 450 g/mol. The van der Waals surface area contributed by atoms with E-state index in [-0.39, 0.29) is 24.4 Å². The number of carbonyl (C=O) groups is 2. The third-order valence-corrected chi connectivity index (χ3v) is 8.09. The molecule has 1 aliphatic heterocycles. The van der Waals surface area contributed by atoms with Crippen molar-refractivity contribution >= 4 is 21.7 Å². The van der Waals surface area contributed by atoms with Crippen LogP contribution in [0, 0.1) is 6.92 Å². The van der Waals surface area contributed by atoms with E-state index in [1.54, 1.807) is 24.3 Å². The van der Waals surface area contributed by atoms with Gasteiger partial charge < -0.3 is 10.6 Å². The van der Waals surface area contributed by atoms with Gasteiger partial charge in [0.15, 0.2) is 9.84 Å². The largest absolute Gasteiger partial charge is 0.349 e. The summed E-state index contributed by atoms with van der Waals surface area (Å²) in [6.07, 6.45) is 5.61. The molecule has 2 aliphatic rings. The fraction of sp³-hybridized carbons (Fsp3) is 0.462. The van der Waals surface area contributed by atoms with Gasteiger partial charge in [0.25, 0.3) is 5.91 Å². The fourth-order valence-corrected chi connectivity index (χ4v) is 5.62. The molecule has 1 aliphatic carbocycles. The van der Waals surface area contributed by atoms with E-state index < -0.39 is 9.84 Å². The SMILES string of the molecule is Cc1cccc(C(=O)NCC(=O)NC2CN([C@H]3CC[C@@H](c4ccc(S(C)(=O)=O)cc4)CC3)C2)c1. The minimum absolute atomic E-state index is 0.0213. The van der Waals surface area contributed by atoms with Crippen molar-refractivity contribution in [2.45, 2.75) is 55.5 Å². The average Bonchev–Trinajstić information content (AvgIpc) is 2.79. The topological polar surface area (TPSA) is 95.6 Å². The van der Waals surface area contributed by atoms with Gasteiger partial charge in [0.05, 0.1) is 17.5 Å². The van der Waals surface area contributed by atoms with Gasteiger partial charge in [-0.15, -0.1) is 0 Å². The maximum atomic E-state index is 12.2. The van der Waals surface area contributed by atoms with Crippen molar-refractivity contribution in [1.82, 2.24) is 15.5 Å². The molecule has 7 nitrogen and oxygen atoms in total. The van der Waals surface area contributed by atoms with Crippen molar-refractivity contribution in [2.75, 3.05) is 25.9 Å². The molecule has 2 aromatic carbocycles. The first-order chi connectivity index (χ1) is 16.2. The van der Waals surface area contributed by atoms with Crippen LogP contribution in [0.2, 0.25) is 0 Å². The van der Waals surface area contributed by atoms with Crippen LogP contribution in [0.5, 0.6) is 0 Å². The van der Waals surface area contributed by atoms with Crippen molar-refractivity contribution in [1.29, 1.82) is 0 Å². The molecule has 0 bridgehead atoms. The summed E-state index contributed by atoms with van der Waals surface area (Å²) in [5.74, 6) is 0.0716. The Labute approximate surface area is 201 Å². The lowest BCUT2D eigenvalue weighted by Gasteiger charge is -2.46. The highest BCUT2D eigenvalue weighted by Gasteiger charge is 2.35. The van der Waals surface area contributed by atoms with Gasteiger partial charge in [-0.3, -0.25) is 14.5 Å². The number of likely N-dealkylation sites (tertiary alicyclic amines) is 1. The van der Waals surface area contributed by atoms with E-state index in [1.807, 2.05) is 31.2 Å². The molecule has 4 rings (SSSR count). The first-order valence-electron chi connectivity index (χ1n) is 11.9. The number of sulfone groups is 1. The highest BCUT2D eigenvalue weighted by molar-refractivity contribution is 7.90. The minimum Gasteiger partial charge on any atom is -0.349 e. The van der Waals surface area contributed by atoms with E-state index in [2.05, 4.69) is 15.5 Å². The number of nitrogens with zero attached hydrogens (tertiary/aromatic N) is 1. The first kappa shape index (κ1) is 24.4. The zero-order chi connectivity index (χ0) is 24.3. The number of nitrogens with one attached hydrogen (secondary N) is 2. The lowest BCUT2D eigenvalue weighted by Crippen LogP contribution is -2.63. The molecule has 1 saturated carbocycles. The van der Waals surface area contributed by atoms with Gasteiger partial charge >= 0.3 is 0 Å². The molecule has 2 amide bonds. The Hall–Kier alpha value is -2.71. The molecule has 0 unspecified atom stereocenters. The zero-order valence-corrected chi connectivity index (χ0v) is 20.6. The monoisotopic (exact) mass is 483 g/mol. The van der Waals surface area contributed by atoms with E-state index in [0.717, 1.165) is 44.3 Å². The number of benzene rings is 2. The van der Waals surface area contributed by atoms with E-state index in [4.69, 9.17) is 0 Å². The molecule has 8 heteroatoms. The molecule has 34 heavy (non-hydrogen) atoms. The van der Waals surface area contributed by atoms with Crippen molar-refractivity contribution in [3.8, 4) is 0 Å². The van der Waals surface area contributed by atoms with Gasteiger partial charge in [-0.25, -0.2) is 8.42 Å². The molecule has 0 aromatic heterocycles. The van der Waals surface area contributed by atoms with Gasteiger partial charge in [0.1, 0.15) is 0 Å². The summed E-state index contributed by atoms with van der Waals surface area (Å²) in [5.41, 5.74) is 2.78. The fourth-order valence-electron chi connectivity index (χ4n) is 4.99. The van der Waals surface area contributed by atoms with Crippen LogP contribution in [-0.2, 0) is 14.6 Å². The van der Waals surface area contributed by atoms with Gasteiger partial charge in [-0.1, -0.05) is 29.8 Å². The highest BCUT2D eigenvalue weighted by Crippen LogP contribution is 2.36. The maximum Gasteiger partial charge on any atom is 0.251 e. The lowest BCUT2D eigenvalue weighted by molar-refractivity contribution is -0.122. The second kappa shape index (κ2) is 10.3. The lowest BCUT2D eigenvalue weighted by atomic mass is 9.80. The number of aryl methyl sites for hydroxylation is 1. The minimum atomic E-state index is -3.16. The average molecular weight is 484 g/mol. The summed E-state index contributed by atoms with van der Waals surface area (Å²) in [6.45, 7) is 3.59. The molecule has 2 aromatic rings. The number of hydrogen-bond acceptors (Lipinski definition) is 5. The first-order valence-corrected chi connectivity index (χ1v) is 13.8. The molecule has 2 N–H and O–H groups in total. The number of amides is 2. The Bertz CT molecular complexity index is 1130. The van der Waals surface area contributed by atoms with Crippen LogP contribution in [0.1, 0.15) is 53.1 Å².